The predicted molar refractivity (Wildman–Crippen MR) is 111 cm³/mol. The van der Waals surface area contributed by atoms with Gasteiger partial charge < -0.3 is 25.4 Å². The van der Waals surface area contributed by atoms with E-state index in [-0.39, 0.29) is 6.10 Å². The van der Waals surface area contributed by atoms with Crippen LogP contribution in [0.1, 0.15) is 44.6 Å². The van der Waals surface area contributed by atoms with Crippen molar-refractivity contribution in [2.45, 2.75) is 57.7 Å². The first-order chi connectivity index (χ1) is 13.1. The third-order valence-corrected chi connectivity index (χ3v) is 4.74. The summed E-state index contributed by atoms with van der Waals surface area (Å²) < 4.78 is 5.78. The van der Waals surface area contributed by atoms with Gasteiger partial charge in [-0.2, -0.15) is 0 Å². The van der Waals surface area contributed by atoms with E-state index in [1.165, 1.54) is 0 Å². The van der Waals surface area contributed by atoms with Crippen LogP contribution in [-0.2, 0) is 6.54 Å². The van der Waals surface area contributed by atoms with E-state index >= 15 is 0 Å². The quantitative estimate of drug-likeness (QED) is 0.351. The van der Waals surface area contributed by atoms with Gasteiger partial charge in [0.1, 0.15) is 5.75 Å². The van der Waals surface area contributed by atoms with Crippen LogP contribution < -0.4 is 15.4 Å². The molecule has 0 heterocycles. The number of benzene rings is 1. The zero-order chi connectivity index (χ0) is 19.5. The van der Waals surface area contributed by atoms with E-state index in [2.05, 4.69) is 48.7 Å². The average Bonchev–Trinajstić information content (AvgIpc) is 2.66. The van der Waals surface area contributed by atoms with Crippen molar-refractivity contribution in [1.29, 1.82) is 0 Å². The highest BCUT2D eigenvalue weighted by Crippen LogP contribution is 2.18. The number of nitrogens with one attached hydrogen (secondary N) is 2. The summed E-state index contributed by atoms with van der Waals surface area (Å²) in [5.41, 5.74) is 1.16. The highest BCUT2D eigenvalue weighted by atomic mass is 16.5. The fourth-order valence-corrected chi connectivity index (χ4v) is 3.17. The fraction of sp³-hybridized carbons (Fsp3) is 0.667. The maximum Gasteiger partial charge on any atom is 0.191 e. The van der Waals surface area contributed by atoms with Gasteiger partial charge in [-0.25, -0.2) is 4.99 Å². The molecule has 0 amide bonds. The van der Waals surface area contributed by atoms with E-state index in [4.69, 9.17) is 9.73 Å². The van der Waals surface area contributed by atoms with Gasteiger partial charge in [-0.05, 0) is 70.8 Å². The lowest BCUT2D eigenvalue weighted by molar-refractivity contribution is 0.120. The smallest absolute Gasteiger partial charge is 0.191 e. The van der Waals surface area contributed by atoms with E-state index < -0.39 is 0 Å². The maximum absolute atomic E-state index is 9.65. The number of aliphatic imine (C=N–C) groups is 1. The molecule has 0 saturated heterocycles. The first-order valence-corrected chi connectivity index (χ1v) is 10.2. The molecule has 1 saturated carbocycles. The molecule has 0 unspecified atom stereocenters. The topological polar surface area (TPSA) is 69.1 Å². The molecule has 1 aliphatic rings. The summed E-state index contributed by atoms with van der Waals surface area (Å²) in [5.74, 6) is 1.76. The van der Waals surface area contributed by atoms with Crippen molar-refractivity contribution in [2.75, 3.05) is 33.8 Å². The van der Waals surface area contributed by atoms with Gasteiger partial charge in [-0.15, -0.1) is 0 Å². The second kappa shape index (κ2) is 11.8. The lowest BCUT2D eigenvalue weighted by Crippen LogP contribution is -2.45. The molecule has 0 aromatic heterocycles. The molecule has 6 heteroatoms. The Morgan fingerprint density at radius 3 is 2.52 bits per heavy atom. The van der Waals surface area contributed by atoms with E-state index in [0.29, 0.717) is 12.6 Å². The van der Waals surface area contributed by atoms with Crippen molar-refractivity contribution in [3.8, 4) is 5.75 Å². The highest BCUT2D eigenvalue weighted by Gasteiger charge is 2.19. The molecular weight excluding hydrogens is 340 g/mol. The van der Waals surface area contributed by atoms with Crippen LogP contribution in [0, 0.1) is 0 Å². The number of hydrogen-bond acceptors (Lipinski definition) is 4. The average molecular weight is 377 g/mol. The standard InChI is InChI=1S/C21H36N4O2/c1-4-22-21(24-18-8-10-19(26)11-9-18)23-16-17-6-12-20(13-7-17)27-15-5-14-25(2)3/h6-7,12-13,18-19,26H,4-5,8-11,14-16H2,1-3H3,(H2,22,23,24). The molecule has 152 valence electrons. The first kappa shape index (κ1) is 21.5. The molecule has 1 fully saturated rings. The largest absolute Gasteiger partial charge is 0.494 e. The second-order valence-electron chi connectivity index (χ2n) is 7.49. The van der Waals surface area contributed by atoms with Crippen LogP contribution in [0.5, 0.6) is 5.75 Å². The minimum Gasteiger partial charge on any atom is -0.494 e. The zero-order valence-electron chi connectivity index (χ0n) is 17.1. The Balaban J connectivity index is 1.80. The van der Waals surface area contributed by atoms with Crippen LogP contribution in [0.4, 0.5) is 0 Å². The fourth-order valence-electron chi connectivity index (χ4n) is 3.17. The Hall–Kier alpha value is -1.79. The number of guanidine groups is 1. The number of aliphatic hydroxyl groups is 1. The van der Waals surface area contributed by atoms with Gasteiger partial charge in [0, 0.05) is 19.1 Å². The molecule has 0 radical (unpaired) electrons. The van der Waals surface area contributed by atoms with Gasteiger partial charge in [-0.3, -0.25) is 0 Å². The zero-order valence-corrected chi connectivity index (χ0v) is 17.1. The maximum atomic E-state index is 9.65. The minimum atomic E-state index is -0.133. The highest BCUT2D eigenvalue weighted by molar-refractivity contribution is 5.80. The van der Waals surface area contributed by atoms with Crippen molar-refractivity contribution in [3.63, 3.8) is 0 Å². The van der Waals surface area contributed by atoms with Crippen molar-refractivity contribution in [2.24, 2.45) is 4.99 Å². The molecule has 2 rings (SSSR count). The summed E-state index contributed by atoms with van der Waals surface area (Å²) in [6, 6.07) is 8.58. The Kier molecular flexibility index (Phi) is 9.42. The van der Waals surface area contributed by atoms with Crippen molar-refractivity contribution in [3.05, 3.63) is 29.8 Å². The van der Waals surface area contributed by atoms with E-state index in [1.807, 2.05) is 12.1 Å². The third kappa shape index (κ3) is 8.63. The summed E-state index contributed by atoms with van der Waals surface area (Å²) in [6.07, 6.45) is 4.61. The van der Waals surface area contributed by atoms with Crippen molar-refractivity contribution >= 4 is 5.96 Å². The Labute approximate surface area is 164 Å². The van der Waals surface area contributed by atoms with E-state index in [9.17, 15) is 5.11 Å². The molecule has 0 spiro atoms. The van der Waals surface area contributed by atoms with E-state index in [1.54, 1.807) is 0 Å². The van der Waals surface area contributed by atoms with Gasteiger partial charge in [-0.1, -0.05) is 12.1 Å². The van der Waals surface area contributed by atoms with Crippen molar-refractivity contribution in [1.82, 2.24) is 15.5 Å². The van der Waals surface area contributed by atoms with Crippen LogP contribution in [-0.4, -0.2) is 61.9 Å². The van der Waals surface area contributed by atoms with Gasteiger partial charge in [0.05, 0.1) is 19.3 Å². The summed E-state index contributed by atoms with van der Waals surface area (Å²) in [5, 5.41) is 16.5. The summed E-state index contributed by atoms with van der Waals surface area (Å²) in [6.45, 7) is 5.31. The predicted octanol–water partition coefficient (Wildman–Crippen LogP) is 2.38. The SMILES string of the molecule is CCNC(=NCc1ccc(OCCCN(C)C)cc1)NC1CCC(O)CC1. The number of aliphatic hydroxyl groups excluding tert-OH is 1. The molecule has 6 nitrogen and oxygen atoms in total. The van der Waals surface area contributed by atoms with Crippen LogP contribution in [0.15, 0.2) is 29.3 Å². The third-order valence-electron chi connectivity index (χ3n) is 4.74. The molecule has 1 aliphatic carbocycles. The lowest BCUT2D eigenvalue weighted by atomic mass is 9.93. The number of rotatable bonds is 9. The van der Waals surface area contributed by atoms with Gasteiger partial charge in [0.25, 0.3) is 0 Å². The molecule has 0 bridgehead atoms. The molecule has 27 heavy (non-hydrogen) atoms. The number of hydrogen-bond donors (Lipinski definition) is 3. The van der Waals surface area contributed by atoms with Crippen LogP contribution in [0.2, 0.25) is 0 Å². The normalized spacial score (nSPS) is 20.6. The molecule has 3 N–H and O–H groups in total. The van der Waals surface area contributed by atoms with Crippen LogP contribution in [0.3, 0.4) is 0 Å². The van der Waals surface area contributed by atoms with Crippen LogP contribution in [0.25, 0.3) is 0 Å². The Bertz CT molecular complexity index is 552. The number of ether oxygens (including phenoxy) is 1. The van der Waals surface area contributed by atoms with Gasteiger partial charge >= 0.3 is 0 Å². The molecule has 1 aromatic carbocycles. The Morgan fingerprint density at radius 1 is 1.19 bits per heavy atom. The molecular formula is C21H36N4O2. The molecule has 0 atom stereocenters. The number of nitrogens with zero attached hydrogens (tertiary/aromatic N) is 2. The summed E-state index contributed by atoms with van der Waals surface area (Å²) in [7, 11) is 4.15. The minimum absolute atomic E-state index is 0.133. The first-order valence-electron chi connectivity index (χ1n) is 10.2. The lowest BCUT2D eigenvalue weighted by Gasteiger charge is -2.27. The molecule has 0 aliphatic heterocycles. The summed E-state index contributed by atoms with van der Waals surface area (Å²) >= 11 is 0. The Morgan fingerprint density at radius 2 is 1.89 bits per heavy atom. The van der Waals surface area contributed by atoms with Gasteiger partial charge in [0.15, 0.2) is 5.96 Å². The summed E-state index contributed by atoms with van der Waals surface area (Å²) in [4.78, 5) is 6.87. The van der Waals surface area contributed by atoms with E-state index in [0.717, 1.165) is 69.1 Å². The van der Waals surface area contributed by atoms with Crippen molar-refractivity contribution < 1.29 is 9.84 Å². The monoisotopic (exact) mass is 376 g/mol. The molecule has 1 aromatic rings. The van der Waals surface area contributed by atoms with Gasteiger partial charge in [0.2, 0.25) is 0 Å². The van der Waals surface area contributed by atoms with Crippen LogP contribution >= 0.6 is 0 Å². The second-order valence-corrected chi connectivity index (χ2v) is 7.49.